The zero-order valence-electron chi connectivity index (χ0n) is 11.7. The second-order valence-corrected chi connectivity index (χ2v) is 5.26. The number of pyridine rings is 1. The standard InChI is InChI=1S/C15H21N3O/c1-15(2,8-9-16)18-14-12-5-4-6-13(19-3)11(12)7-10-17-14/h4-7,10H,8-9,16H2,1-3H3,(H,17,18). The number of nitrogens with one attached hydrogen (secondary N) is 1. The van der Waals surface area contributed by atoms with Gasteiger partial charge in [-0.05, 0) is 38.9 Å². The molecule has 4 nitrogen and oxygen atoms in total. The molecule has 0 saturated heterocycles. The van der Waals surface area contributed by atoms with E-state index in [1.54, 1.807) is 13.3 Å². The van der Waals surface area contributed by atoms with Gasteiger partial charge in [0.05, 0.1) is 7.11 Å². The third kappa shape index (κ3) is 2.96. The van der Waals surface area contributed by atoms with Gasteiger partial charge in [0, 0.05) is 22.5 Å². The van der Waals surface area contributed by atoms with E-state index in [4.69, 9.17) is 10.5 Å². The molecule has 1 heterocycles. The van der Waals surface area contributed by atoms with Crippen LogP contribution in [-0.2, 0) is 0 Å². The van der Waals surface area contributed by atoms with Crippen molar-refractivity contribution in [1.82, 2.24) is 4.98 Å². The zero-order valence-corrected chi connectivity index (χ0v) is 11.7. The first-order valence-corrected chi connectivity index (χ1v) is 6.47. The van der Waals surface area contributed by atoms with Crippen molar-refractivity contribution < 1.29 is 4.74 Å². The smallest absolute Gasteiger partial charge is 0.134 e. The van der Waals surface area contributed by atoms with Gasteiger partial charge in [-0.25, -0.2) is 4.98 Å². The highest BCUT2D eigenvalue weighted by atomic mass is 16.5. The number of hydrogen-bond donors (Lipinski definition) is 2. The van der Waals surface area contributed by atoms with Crippen LogP contribution in [0.2, 0.25) is 0 Å². The molecule has 0 atom stereocenters. The van der Waals surface area contributed by atoms with Gasteiger partial charge >= 0.3 is 0 Å². The van der Waals surface area contributed by atoms with Gasteiger partial charge in [-0.3, -0.25) is 0 Å². The molecule has 0 aliphatic heterocycles. The summed E-state index contributed by atoms with van der Waals surface area (Å²) in [6.45, 7) is 4.90. The maximum Gasteiger partial charge on any atom is 0.134 e. The average molecular weight is 259 g/mol. The van der Waals surface area contributed by atoms with Crippen LogP contribution in [0.1, 0.15) is 20.3 Å². The lowest BCUT2D eigenvalue weighted by Gasteiger charge is -2.27. The molecule has 0 aliphatic rings. The van der Waals surface area contributed by atoms with Gasteiger partial charge in [0.2, 0.25) is 0 Å². The predicted molar refractivity (Wildman–Crippen MR) is 79.7 cm³/mol. The molecule has 0 saturated carbocycles. The first-order valence-electron chi connectivity index (χ1n) is 6.47. The summed E-state index contributed by atoms with van der Waals surface area (Å²) in [5.74, 6) is 1.73. The minimum absolute atomic E-state index is 0.0842. The van der Waals surface area contributed by atoms with Crippen molar-refractivity contribution in [3.05, 3.63) is 30.5 Å². The van der Waals surface area contributed by atoms with Crippen molar-refractivity contribution in [2.75, 3.05) is 19.0 Å². The number of nitrogens with two attached hydrogens (primary N) is 1. The Morgan fingerprint density at radius 1 is 1.26 bits per heavy atom. The van der Waals surface area contributed by atoms with Crippen LogP contribution in [0.3, 0.4) is 0 Å². The summed E-state index contributed by atoms with van der Waals surface area (Å²) >= 11 is 0. The van der Waals surface area contributed by atoms with Crippen molar-refractivity contribution in [3.8, 4) is 5.75 Å². The van der Waals surface area contributed by atoms with Crippen molar-refractivity contribution in [2.24, 2.45) is 5.73 Å². The van der Waals surface area contributed by atoms with Gasteiger partial charge in [0.15, 0.2) is 0 Å². The van der Waals surface area contributed by atoms with Crippen LogP contribution >= 0.6 is 0 Å². The molecule has 0 amide bonds. The summed E-state index contributed by atoms with van der Waals surface area (Å²) in [6, 6.07) is 7.95. The topological polar surface area (TPSA) is 60.2 Å². The Balaban J connectivity index is 2.44. The number of methoxy groups -OCH3 is 1. The molecule has 1 aromatic heterocycles. The summed E-state index contributed by atoms with van der Waals surface area (Å²) < 4.78 is 5.38. The van der Waals surface area contributed by atoms with Crippen molar-refractivity contribution >= 4 is 16.6 Å². The molecule has 4 heteroatoms. The number of hydrogen-bond acceptors (Lipinski definition) is 4. The fourth-order valence-electron chi connectivity index (χ4n) is 2.20. The fourth-order valence-corrected chi connectivity index (χ4v) is 2.20. The number of ether oxygens (including phenoxy) is 1. The lowest BCUT2D eigenvalue weighted by atomic mass is 10.0. The summed E-state index contributed by atoms with van der Waals surface area (Å²) in [5, 5.41) is 5.59. The van der Waals surface area contributed by atoms with E-state index in [1.807, 2.05) is 24.3 Å². The fraction of sp³-hybridized carbons (Fsp3) is 0.400. The molecule has 0 unspecified atom stereocenters. The molecule has 2 rings (SSSR count). The molecule has 1 aromatic carbocycles. The Bertz CT molecular complexity index is 566. The van der Waals surface area contributed by atoms with Crippen LogP contribution in [-0.4, -0.2) is 24.2 Å². The molecule has 0 fully saturated rings. The Kier molecular flexibility index (Phi) is 3.90. The Morgan fingerprint density at radius 3 is 2.74 bits per heavy atom. The highest BCUT2D eigenvalue weighted by Gasteiger charge is 2.18. The molecule has 102 valence electrons. The van der Waals surface area contributed by atoms with Crippen molar-refractivity contribution in [1.29, 1.82) is 0 Å². The minimum atomic E-state index is -0.0842. The van der Waals surface area contributed by atoms with Gasteiger partial charge in [0.25, 0.3) is 0 Å². The highest BCUT2D eigenvalue weighted by molar-refractivity contribution is 5.96. The van der Waals surface area contributed by atoms with Gasteiger partial charge in [-0.15, -0.1) is 0 Å². The van der Waals surface area contributed by atoms with E-state index < -0.39 is 0 Å². The molecule has 0 spiro atoms. The SMILES string of the molecule is COc1cccc2c(NC(C)(C)CCN)nccc12. The lowest BCUT2D eigenvalue weighted by Crippen LogP contribution is -2.33. The van der Waals surface area contributed by atoms with E-state index in [9.17, 15) is 0 Å². The third-order valence-electron chi connectivity index (χ3n) is 3.21. The largest absolute Gasteiger partial charge is 0.496 e. The number of benzene rings is 1. The number of nitrogens with zero attached hydrogens (tertiary/aromatic N) is 1. The first kappa shape index (κ1) is 13.6. The second-order valence-electron chi connectivity index (χ2n) is 5.26. The maximum absolute atomic E-state index is 5.65. The quantitative estimate of drug-likeness (QED) is 0.866. The first-order chi connectivity index (χ1) is 9.07. The molecule has 0 aliphatic carbocycles. The van der Waals surface area contributed by atoms with E-state index in [-0.39, 0.29) is 5.54 Å². The van der Waals surface area contributed by atoms with Crippen molar-refractivity contribution in [2.45, 2.75) is 25.8 Å². The molecule has 19 heavy (non-hydrogen) atoms. The molecular formula is C15H21N3O. The maximum atomic E-state index is 5.65. The molecule has 3 N–H and O–H groups in total. The van der Waals surface area contributed by atoms with Gasteiger partial charge < -0.3 is 15.8 Å². The number of anilines is 1. The number of aromatic nitrogens is 1. The third-order valence-corrected chi connectivity index (χ3v) is 3.21. The zero-order chi connectivity index (χ0) is 13.9. The summed E-state index contributed by atoms with van der Waals surface area (Å²) in [4.78, 5) is 4.44. The van der Waals surface area contributed by atoms with Gasteiger partial charge in [0.1, 0.15) is 11.6 Å². The van der Waals surface area contributed by atoms with Gasteiger partial charge in [-0.2, -0.15) is 0 Å². The Labute approximate surface area is 114 Å². The lowest BCUT2D eigenvalue weighted by molar-refractivity contribution is 0.420. The van der Waals surface area contributed by atoms with Crippen LogP contribution in [0.4, 0.5) is 5.82 Å². The van der Waals surface area contributed by atoms with Gasteiger partial charge in [-0.1, -0.05) is 12.1 Å². The second kappa shape index (κ2) is 5.45. The van der Waals surface area contributed by atoms with Crippen LogP contribution in [0.25, 0.3) is 10.8 Å². The normalized spacial score (nSPS) is 11.6. The van der Waals surface area contributed by atoms with Crippen LogP contribution < -0.4 is 15.8 Å². The van der Waals surface area contributed by atoms with E-state index in [0.717, 1.165) is 28.8 Å². The van der Waals surface area contributed by atoms with E-state index in [2.05, 4.69) is 24.1 Å². The monoisotopic (exact) mass is 259 g/mol. The number of fused-ring (bicyclic) bond motifs is 1. The van der Waals surface area contributed by atoms with Crippen molar-refractivity contribution in [3.63, 3.8) is 0 Å². The Morgan fingerprint density at radius 2 is 2.05 bits per heavy atom. The molecule has 2 aromatic rings. The molecular weight excluding hydrogens is 238 g/mol. The van der Waals surface area contributed by atoms with Crippen LogP contribution in [0.15, 0.2) is 30.5 Å². The van der Waals surface area contributed by atoms with E-state index in [1.165, 1.54) is 0 Å². The van der Waals surface area contributed by atoms with Crippen LogP contribution in [0.5, 0.6) is 5.75 Å². The summed E-state index contributed by atoms with van der Waals surface area (Å²) in [6.07, 6.45) is 2.68. The van der Waals surface area contributed by atoms with E-state index >= 15 is 0 Å². The predicted octanol–water partition coefficient (Wildman–Crippen LogP) is 2.78. The van der Waals surface area contributed by atoms with Crippen LogP contribution in [0, 0.1) is 0 Å². The minimum Gasteiger partial charge on any atom is -0.496 e. The summed E-state index contributed by atoms with van der Waals surface area (Å²) in [5.41, 5.74) is 5.56. The highest BCUT2D eigenvalue weighted by Crippen LogP contribution is 2.30. The average Bonchev–Trinajstić information content (AvgIpc) is 2.38. The molecule has 0 bridgehead atoms. The summed E-state index contributed by atoms with van der Waals surface area (Å²) in [7, 11) is 1.68. The van der Waals surface area contributed by atoms with E-state index in [0.29, 0.717) is 6.54 Å². The molecule has 0 radical (unpaired) electrons. The Hall–Kier alpha value is -1.81. The number of rotatable bonds is 5.